The van der Waals surface area contributed by atoms with Crippen LogP contribution in [-0.2, 0) is 6.54 Å². The van der Waals surface area contributed by atoms with E-state index in [0.717, 1.165) is 18.4 Å². The molecule has 0 fully saturated rings. The monoisotopic (exact) mass is 336 g/mol. The number of nitrogens with zero attached hydrogens (tertiary/aromatic N) is 1. The molecule has 5 nitrogen and oxygen atoms in total. The van der Waals surface area contributed by atoms with Crippen LogP contribution >= 0.6 is 0 Å². The maximum absolute atomic E-state index is 12.4. The van der Waals surface area contributed by atoms with Crippen LogP contribution in [0.5, 0.6) is 0 Å². The number of benzene rings is 2. The first-order valence-electron chi connectivity index (χ1n) is 8.44. The summed E-state index contributed by atoms with van der Waals surface area (Å²) < 4.78 is 0. The van der Waals surface area contributed by atoms with Crippen molar-refractivity contribution in [3.05, 3.63) is 70.8 Å². The van der Waals surface area contributed by atoms with Gasteiger partial charge in [0.25, 0.3) is 17.7 Å². The maximum atomic E-state index is 12.4. The summed E-state index contributed by atoms with van der Waals surface area (Å²) in [6.07, 6.45) is 1.98. The first kappa shape index (κ1) is 16.9. The van der Waals surface area contributed by atoms with E-state index in [1.807, 2.05) is 0 Å². The molecule has 2 aromatic rings. The maximum Gasteiger partial charge on any atom is 0.261 e. The molecule has 0 radical (unpaired) electrons. The minimum absolute atomic E-state index is 0.110. The molecule has 128 valence electrons. The number of rotatable bonds is 6. The van der Waals surface area contributed by atoms with Crippen LogP contribution in [0.25, 0.3) is 0 Å². The number of unbranched alkanes of at least 4 members (excludes halogenated alkanes) is 1. The van der Waals surface area contributed by atoms with E-state index in [2.05, 4.69) is 12.2 Å². The zero-order valence-corrected chi connectivity index (χ0v) is 14.1. The molecule has 1 aliphatic rings. The van der Waals surface area contributed by atoms with Gasteiger partial charge in [-0.25, -0.2) is 0 Å². The Morgan fingerprint density at radius 3 is 2.12 bits per heavy atom. The number of fused-ring (bicyclic) bond motifs is 1. The number of imide groups is 1. The summed E-state index contributed by atoms with van der Waals surface area (Å²) in [7, 11) is 0. The zero-order valence-electron chi connectivity index (χ0n) is 14.1. The van der Waals surface area contributed by atoms with Gasteiger partial charge in [-0.3, -0.25) is 19.3 Å². The molecule has 3 rings (SSSR count). The lowest BCUT2D eigenvalue weighted by atomic mass is 10.1. The lowest BCUT2D eigenvalue weighted by Gasteiger charge is -2.14. The van der Waals surface area contributed by atoms with Gasteiger partial charge in [-0.05, 0) is 36.2 Å². The Morgan fingerprint density at radius 2 is 1.56 bits per heavy atom. The molecule has 0 saturated heterocycles. The van der Waals surface area contributed by atoms with Gasteiger partial charge in [-0.2, -0.15) is 0 Å². The first-order valence-corrected chi connectivity index (χ1v) is 8.44. The molecule has 2 aromatic carbocycles. The summed E-state index contributed by atoms with van der Waals surface area (Å²) in [4.78, 5) is 38.0. The van der Waals surface area contributed by atoms with Crippen molar-refractivity contribution in [3.8, 4) is 0 Å². The van der Waals surface area contributed by atoms with Crippen LogP contribution in [0.2, 0.25) is 0 Å². The molecule has 0 unspecified atom stereocenters. The van der Waals surface area contributed by atoms with Crippen molar-refractivity contribution < 1.29 is 14.4 Å². The molecule has 0 aliphatic carbocycles. The minimum atomic E-state index is -0.276. The lowest BCUT2D eigenvalue weighted by Crippen LogP contribution is -2.29. The molecule has 1 N–H and O–H groups in total. The molecule has 0 atom stereocenters. The Bertz CT molecular complexity index is 777. The predicted molar refractivity (Wildman–Crippen MR) is 94.3 cm³/mol. The van der Waals surface area contributed by atoms with E-state index in [1.54, 1.807) is 48.5 Å². The average molecular weight is 336 g/mol. The quantitative estimate of drug-likeness (QED) is 0.651. The normalized spacial score (nSPS) is 13.1. The van der Waals surface area contributed by atoms with Gasteiger partial charge in [-0.15, -0.1) is 0 Å². The molecule has 5 heteroatoms. The van der Waals surface area contributed by atoms with E-state index >= 15 is 0 Å². The third-order valence-corrected chi connectivity index (χ3v) is 4.25. The van der Waals surface area contributed by atoms with Gasteiger partial charge in [-0.1, -0.05) is 37.6 Å². The van der Waals surface area contributed by atoms with Crippen molar-refractivity contribution in [1.82, 2.24) is 10.2 Å². The van der Waals surface area contributed by atoms with Crippen LogP contribution in [0.1, 0.15) is 56.4 Å². The SMILES string of the molecule is CCCCNC(=O)c1ccc(CN2C(=O)c3ccccc3C2=O)cc1. The van der Waals surface area contributed by atoms with Crippen molar-refractivity contribution in [2.45, 2.75) is 26.3 Å². The van der Waals surface area contributed by atoms with E-state index in [0.29, 0.717) is 23.2 Å². The van der Waals surface area contributed by atoms with Gasteiger partial charge < -0.3 is 5.32 Å². The number of amides is 3. The van der Waals surface area contributed by atoms with Crippen molar-refractivity contribution >= 4 is 17.7 Å². The average Bonchev–Trinajstić information content (AvgIpc) is 2.88. The molecule has 25 heavy (non-hydrogen) atoms. The molecular formula is C20H20N2O3. The lowest BCUT2D eigenvalue weighted by molar-refractivity contribution is 0.0642. The number of carbonyl (C=O) groups excluding carboxylic acids is 3. The summed E-state index contributed by atoms with van der Waals surface area (Å²) in [5.41, 5.74) is 2.26. The topological polar surface area (TPSA) is 66.5 Å². The summed E-state index contributed by atoms with van der Waals surface area (Å²) in [5, 5.41) is 2.86. The molecule has 3 amide bonds. The molecular weight excluding hydrogens is 316 g/mol. The summed E-state index contributed by atoms with van der Waals surface area (Å²) in [6.45, 7) is 2.93. The molecule has 0 spiro atoms. The van der Waals surface area contributed by atoms with Crippen molar-refractivity contribution in [2.75, 3.05) is 6.54 Å². The summed E-state index contributed by atoms with van der Waals surface area (Å²) in [5.74, 6) is -0.662. The number of hydrogen-bond donors (Lipinski definition) is 1. The highest BCUT2D eigenvalue weighted by Gasteiger charge is 2.34. The van der Waals surface area contributed by atoms with E-state index in [9.17, 15) is 14.4 Å². The largest absolute Gasteiger partial charge is 0.352 e. The van der Waals surface area contributed by atoms with Crippen molar-refractivity contribution in [3.63, 3.8) is 0 Å². The molecule has 0 aromatic heterocycles. The van der Waals surface area contributed by atoms with Gasteiger partial charge >= 0.3 is 0 Å². The van der Waals surface area contributed by atoms with Crippen LogP contribution < -0.4 is 5.32 Å². The number of carbonyl (C=O) groups is 3. The first-order chi connectivity index (χ1) is 12.1. The van der Waals surface area contributed by atoms with Gasteiger partial charge in [0.1, 0.15) is 0 Å². The molecule has 1 aliphatic heterocycles. The summed E-state index contributed by atoms with van der Waals surface area (Å²) >= 11 is 0. The standard InChI is InChI=1S/C20H20N2O3/c1-2-3-12-21-18(23)15-10-8-14(9-11-15)13-22-19(24)16-6-4-5-7-17(16)20(22)25/h4-11H,2-3,12-13H2,1H3,(H,21,23). The van der Waals surface area contributed by atoms with E-state index in [-0.39, 0.29) is 24.3 Å². The predicted octanol–water partition coefficient (Wildman–Crippen LogP) is 3.01. The Morgan fingerprint density at radius 1 is 0.960 bits per heavy atom. The summed E-state index contributed by atoms with van der Waals surface area (Å²) in [6, 6.07) is 13.8. The number of hydrogen-bond acceptors (Lipinski definition) is 3. The fourth-order valence-corrected chi connectivity index (χ4v) is 2.81. The van der Waals surface area contributed by atoms with Gasteiger partial charge in [0.2, 0.25) is 0 Å². The van der Waals surface area contributed by atoms with Crippen LogP contribution in [0.4, 0.5) is 0 Å². The van der Waals surface area contributed by atoms with Crippen LogP contribution in [0, 0.1) is 0 Å². The second kappa shape index (κ2) is 7.30. The Kier molecular flexibility index (Phi) is 4.93. The minimum Gasteiger partial charge on any atom is -0.352 e. The highest BCUT2D eigenvalue weighted by Crippen LogP contribution is 2.24. The molecule has 0 bridgehead atoms. The van der Waals surface area contributed by atoms with Gasteiger partial charge in [0.15, 0.2) is 0 Å². The Balaban J connectivity index is 1.67. The van der Waals surface area contributed by atoms with E-state index in [4.69, 9.17) is 0 Å². The van der Waals surface area contributed by atoms with E-state index in [1.165, 1.54) is 4.90 Å². The van der Waals surface area contributed by atoms with Crippen LogP contribution in [0.15, 0.2) is 48.5 Å². The number of nitrogens with one attached hydrogen (secondary N) is 1. The molecule has 1 heterocycles. The van der Waals surface area contributed by atoms with Crippen LogP contribution in [-0.4, -0.2) is 29.2 Å². The highest BCUT2D eigenvalue weighted by atomic mass is 16.2. The second-order valence-electron chi connectivity index (χ2n) is 6.05. The third kappa shape index (κ3) is 3.45. The molecule has 0 saturated carbocycles. The van der Waals surface area contributed by atoms with Gasteiger partial charge in [0, 0.05) is 12.1 Å². The van der Waals surface area contributed by atoms with Crippen molar-refractivity contribution in [1.29, 1.82) is 0 Å². The second-order valence-corrected chi connectivity index (χ2v) is 6.05. The fourth-order valence-electron chi connectivity index (χ4n) is 2.81. The Labute approximate surface area is 146 Å². The highest BCUT2D eigenvalue weighted by molar-refractivity contribution is 6.21. The van der Waals surface area contributed by atoms with E-state index < -0.39 is 0 Å². The third-order valence-electron chi connectivity index (χ3n) is 4.25. The smallest absolute Gasteiger partial charge is 0.261 e. The zero-order chi connectivity index (χ0) is 17.8. The van der Waals surface area contributed by atoms with Crippen molar-refractivity contribution in [2.24, 2.45) is 0 Å². The fraction of sp³-hybridized carbons (Fsp3) is 0.250. The van der Waals surface area contributed by atoms with Crippen LogP contribution in [0.3, 0.4) is 0 Å². The Hall–Kier alpha value is -2.95. The van der Waals surface area contributed by atoms with Gasteiger partial charge in [0.05, 0.1) is 17.7 Å².